The van der Waals surface area contributed by atoms with E-state index in [0.29, 0.717) is 0 Å². The summed E-state index contributed by atoms with van der Waals surface area (Å²) in [5.74, 6) is 0.109. The number of hydrogen-bond donors (Lipinski definition) is 0. The molecule has 0 atom stereocenters. The third-order valence-electron chi connectivity index (χ3n) is 3.33. The minimum atomic E-state index is 0.109. The smallest absolute Gasteiger partial charge is 0.253 e. The van der Waals surface area contributed by atoms with E-state index in [1.54, 1.807) is 10.9 Å². The van der Waals surface area contributed by atoms with Crippen molar-refractivity contribution < 1.29 is 4.79 Å². The maximum Gasteiger partial charge on any atom is 0.253 e. The van der Waals surface area contributed by atoms with Crippen molar-refractivity contribution in [1.29, 1.82) is 0 Å². The van der Waals surface area contributed by atoms with Gasteiger partial charge in [-0.25, -0.2) is 0 Å². The lowest BCUT2D eigenvalue weighted by Crippen LogP contribution is -2.42. The highest BCUT2D eigenvalue weighted by Crippen LogP contribution is 2.26. The number of carbonyl (C=O) groups excluding carboxylic acids is 1. The molecule has 0 unspecified atom stereocenters. The van der Waals surface area contributed by atoms with Gasteiger partial charge in [0.25, 0.3) is 5.91 Å². The molecule has 1 amide bonds. The summed E-state index contributed by atoms with van der Waals surface area (Å²) < 4.78 is 2.67. The summed E-state index contributed by atoms with van der Waals surface area (Å²) >= 11 is 3.48. The Labute approximate surface area is 120 Å². The first-order valence-electron chi connectivity index (χ1n) is 6.22. The fourth-order valence-electron chi connectivity index (χ4n) is 2.15. The lowest BCUT2D eigenvalue weighted by atomic mass is 10.0. The molecule has 1 fully saturated rings. The minimum Gasteiger partial charge on any atom is -0.339 e. The second-order valence-electron chi connectivity index (χ2n) is 4.78. The van der Waals surface area contributed by atoms with Gasteiger partial charge < -0.3 is 4.90 Å². The van der Waals surface area contributed by atoms with Crippen LogP contribution in [0.1, 0.15) is 16.8 Å². The Balaban J connectivity index is 1.98. The third kappa shape index (κ3) is 2.42. The molecule has 5 heteroatoms. The lowest BCUT2D eigenvalue weighted by Gasteiger charge is -2.31. The van der Waals surface area contributed by atoms with Crippen LogP contribution in [0.25, 0.3) is 11.1 Å². The topological polar surface area (TPSA) is 38.1 Å². The molecule has 1 aromatic carbocycles. The number of carbonyl (C=O) groups is 1. The maximum atomic E-state index is 12.3. The van der Waals surface area contributed by atoms with E-state index in [-0.39, 0.29) is 5.91 Å². The SMILES string of the molecule is Cn1cc(-c2cc(Br)cc(C(=O)N3CCC3)c2)cn1. The minimum absolute atomic E-state index is 0.109. The summed E-state index contributed by atoms with van der Waals surface area (Å²) in [6.07, 6.45) is 4.86. The molecule has 3 rings (SSSR count). The van der Waals surface area contributed by atoms with Gasteiger partial charge in [-0.05, 0) is 30.2 Å². The summed E-state index contributed by atoms with van der Waals surface area (Å²) in [5, 5.41) is 4.17. The molecule has 0 bridgehead atoms. The quantitative estimate of drug-likeness (QED) is 0.853. The van der Waals surface area contributed by atoms with E-state index in [1.165, 1.54) is 0 Å². The monoisotopic (exact) mass is 319 g/mol. The summed E-state index contributed by atoms with van der Waals surface area (Å²) in [4.78, 5) is 14.1. The first kappa shape index (κ1) is 12.4. The van der Waals surface area contributed by atoms with Gasteiger partial charge >= 0.3 is 0 Å². The van der Waals surface area contributed by atoms with Gasteiger partial charge in [-0.2, -0.15) is 5.10 Å². The number of aromatic nitrogens is 2. The van der Waals surface area contributed by atoms with Crippen molar-refractivity contribution in [2.24, 2.45) is 7.05 Å². The molecule has 2 heterocycles. The summed E-state index contributed by atoms with van der Waals surface area (Å²) in [6.45, 7) is 1.74. The highest BCUT2D eigenvalue weighted by molar-refractivity contribution is 9.10. The Morgan fingerprint density at radius 1 is 1.26 bits per heavy atom. The van der Waals surface area contributed by atoms with Gasteiger partial charge in [-0.15, -0.1) is 0 Å². The van der Waals surface area contributed by atoms with E-state index in [4.69, 9.17) is 0 Å². The molecule has 98 valence electrons. The van der Waals surface area contributed by atoms with E-state index >= 15 is 0 Å². The van der Waals surface area contributed by atoms with Gasteiger partial charge in [-0.3, -0.25) is 9.48 Å². The number of halogens is 1. The lowest BCUT2D eigenvalue weighted by molar-refractivity contribution is 0.0652. The molecule has 0 aliphatic carbocycles. The van der Waals surface area contributed by atoms with Crippen LogP contribution in [-0.4, -0.2) is 33.7 Å². The number of likely N-dealkylation sites (tertiary alicyclic amines) is 1. The Morgan fingerprint density at radius 3 is 2.63 bits per heavy atom. The molecule has 0 N–H and O–H groups in total. The van der Waals surface area contributed by atoms with E-state index in [9.17, 15) is 4.79 Å². The zero-order valence-corrected chi connectivity index (χ0v) is 12.2. The maximum absolute atomic E-state index is 12.3. The van der Waals surface area contributed by atoms with E-state index in [0.717, 1.165) is 40.7 Å². The second kappa shape index (κ2) is 4.81. The number of benzene rings is 1. The Kier molecular flexibility index (Phi) is 3.14. The van der Waals surface area contributed by atoms with E-state index in [1.807, 2.05) is 36.3 Å². The summed E-state index contributed by atoms with van der Waals surface area (Å²) in [5.41, 5.74) is 2.75. The van der Waals surface area contributed by atoms with Gasteiger partial charge in [-0.1, -0.05) is 15.9 Å². The molecule has 4 nitrogen and oxygen atoms in total. The summed E-state index contributed by atoms with van der Waals surface area (Å²) in [7, 11) is 1.88. The molecule has 1 aliphatic rings. The molecule has 1 aliphatic heterocycles. The van der Waals surface area contributed by atoms with Crippen LogP contribution < -0.4 is 0 Å². The van der Waals surface area contributed by atoms with Crippen molar-refractivity contribution in [3.05, 3.63) is 40.6 Å². The van der Waals surface area contributed by atoms with Crippen molar-refractivity contribution >= 4 is 21.8 Å². The molecule has 1 aromatic heterocycles. The van der Waals surface area contributed by atoms with Crippen LogP contribution in [0.2, 0.25) is 0 Å². The zero-order valence-electron chi connectivity index (χ0n) is 10.6. The van der Waals surface area contributed by atoms with Gasteiger partial charge in [0.2, 0.25) is 0 Å². The first-order chi connectivity index (χ1) is 9.13. The second-order valence-corrected chi connectivity index (χ2v) is 5.69. The first-order valence-corrected chi connectivity index (χ1v) is 7.02. The van der Waals surface area contributed by atoms with Crippen LogP contribution in [0.3, 0.4) is 0 Å². The van der Waals surface area contributed by atoms with Gasteiger partial charge in [0, 0.05) is 41.9 Å². The van der Waals surface area contributed by atoms with Gasteiger partial charge in [0.1, 0.15) is 0 Å². The average molecular weight is 320 g/mol. The highest BCUT2D eigenvalue weighted by atomic mass is 79.9. The third-order valence-corrected chi connectivity index (χ3v) is 3.78. The fourth-order valence-corrected chi connectivity index (χ4v) is 2.65. The Morgan fingerprint density at radius 2 is 2.05 bits per heavy atom. The predicted octanol–water partition coefficient (Wildman–Crippen LogP) is 2.70. The molecule has 0 spiro atoms. The predicted molar refractivity (Wildman–Crippen MR) is 76.9 cm³/mol. The highest BCUT2D eigenvalue weighted by Gasteiger charge is 2.22. The summed E-state index contributed by atoms with van der Waals surface area (Å²) in [6, 6.07) is 5.81. The van der Waals surface area contributed by atoms with Crippen molar-refractivity contribution in [3.8, 4) is 11.1 Å². The average Bonchev–Trinajstić information content (AvgIpc) is 2.73. The van der Waals surface area contributed by atoms with Crippen molar-refractivity contribution in [2.45, 2.75) is 6.42 Å². The van der Waals surface area contributed by atoms with Crippen LogP contribution in [0, 0.1) is 0 Å². The van der Waals surface area contributed by atoms with Crippen LogP contribution in [0.4, 0.5) is 0 Å². The van der Waals surface area contributed by atoms with E-state index < -0.39 is 0 Å². The number of hydrogen-bond acceptors (Lipinski definition) is 2. The van der Waals surface area contributed by atoms with E-state index in [2.05, 4.69) is 21.0 Å². The molecule has 0 saturated carbocycles. The number of aryl methyl sites for hydroxylation is 1. The van der Waals surface area contributed by atoms with Crippen molar-refractivity contribution in [1.82, 2.24) is 14.7 Å². The van der Waals surface area contributed by atoms with Crippen LogP contribution in [-0.2, 0) is 7.05 Å². The van der Waals surface area contributed by atoms with Crippen LogP contribution >= 0.6 is 15.9 Å². The fraction of sp³-hybridized carbons (Fsp3) is 0.286. The van der Waals surface area contributed by atoms with Crippen molar-refractivity contribution in [3.63, 3.8) is 0 Å². The standard InChI is InChI=1S/C14H14BrN3O/c1-17-9-12(8-16-17)10-5-11(7-13(15)6-10)14(19)18-3-2-4-18/h5-9H,2-4H2,1H3. The van der Waals surface area contributed by atoms with Crippen LogP contribution in [0.5, 0.6) is 0 Å². The van der Waals surface area contributed by atoms with Gasteiger partial charge in [0.05, 0.1) is 6.20 Å². The molecular formula is C14H14BrN3O. The molecular weight excluding hydrogens is 306 g/mol. The molecule has 0 radical (unpaired) electrons. The number of rotatable bonds is 2. The Hall–Kier alpha value is -1.62. The molecule has 2 aromatic rings. The Bertz CT molecular complexity index is 631. The van der Waals surface area contributed by atoms with Crippen molar-refractivity contribution in [2.75, 3.05) is 13.1 Å². The van der Waals surface area contributed by atoms with Gasteiger partial charge in [0.15, 0.2) is 0 Å². The normalized spacial score (nSPS) is 14.3. The zero-order chi connectivity index (χ0) is 13.4. The number of amides is 1. The molecule has 1 saturated heterocycles. The van der Waals surface area contributed by atoms with Crippen LogP contribution in [0.15, 0.2) is 35.1 Å². The largest absolute Gasteiger partial charge is 0.339 e. The molecule has 19 heavy (non-hydrogen) atoms. The number of nitrogens with zero attached hydrogens (tertiary/aromatic N) is 3.